The molecule has 2 aromatic heterocycles. The van der Waals surface area contributed by atoms with Crippen LogP contribution in [0, 0.1) is 0 Å². The number of nitrogens with zero attached hydrogens (tertiary/aromatic N) is 4. The molecule has 0 saturated heterocycles. The van der Waals surface area contributed by atoms with E-state index in [4.69, 9.17) is 9.97 Å². The molecule has 5 aromatic rings. The van der Waals surface area contributed by atoms with Gasteiger partial charge in [0.25, 0.3) is 17.7 Å². The van der Waals surface area contributed by atoms with Crippen LogP contribution < -0.4 is 0 Å². The van der Waals surface area contributed by atoms with E-state index in [0.29, 0.717) is 38.7 Å². The Bertz CT molecular complexity index is 1940. The van der Waals surface area contributed by atoms with E-state index in [-0.39, 0.29) is 29.8 Å². The topological polar surface area (TPSA) is 104 Å². The Hall–Kier alpha value is -4.17. The summed E-state index contributed by atoms with van der Waals surface area (Å²) in [6, 6.07) is 7.52. The quantitative estimate of drug-likeness (QED) is 0.156. The molecule has 42 heavy (non-hydrogen) atoms. The molecular weight excluding hydrogens is 528 g/mol. The average molecular weight is 559 g/mol. The first kappa shape index (κ1) is 24.4. The lowest BCUT2D eigenvalue weighted by Gasteiger charge is -2.41. The molecule has 2 aliphatic carbocycles. The minimum atomic E-state index is -1.02. The van der Waals surface area contributed by atoms with Crippen LogP contribution in [0.25, 0.3) is 43.4 Å². The molecule has 0 spiro atoms. The fourth-order valence-corrected chi connectivity index (χ4v) is 8.47. The van der Waals surface area contributed by atoms with Gasteiger partial charge in [-0.1, -0.05) is 56.7 Å². The number of amides is 3. The highest BCUT2D eigenvalue weighted by atomic mass is 16.3. The monoisotopic (exact) mass is 558 g/mol. The van der Waals surface area contributed by atoms with E-state index >= 15 is 0 Å². The largest absolute Gasteiger partial charge is 0.369 e. The number of aromatic nitrogens is 2. The third kappa shape index (κ3) is 3.03. The van der Waals surface area contributed by atoms with Gasteiger partial charge in [0, 0.05) is 67.9 Å². The molecule has 0 radical (unpaired) electrons. The number of benzene rings is 3. The van der Waals surface area contributed by atoms with Gasteiger partial charge in [0.2, 0.25) is 0 Å². The molecular formula is C34H30N4O4. The summed E-state index contributed by atoms with van der Waals surface area (Å²) in [4.78, 5) is 54.4. The summed E-state index contributed by atoms with van der Waals surface area (Å²) in [6.45, 7) is 0. The van der Waals surface area contributed by atoms with Crippen LogP contribution in [-0.4, -0.2) is 54.7 Å². The number of aliphatic hydroxyl groups excluding tert-OH is 1. The lowest BCUT2D eigenvalue weighted by Crippen LogP contribution is -2.47. The van der Waals surface area contributed by atoms with E-state index < -0.39 is 6.23 Å². The molecule has 4 heterocycles. The molecule has 1 unspecified atom stereocenters. The van der Waals surface area contributed by atoms with Crippen molar-refractivity contribution in [2.24, 2.45) is 0 Å². The van der Waals surface area contributed by atoms with Crippen molar-refractivity contribution in [3.05, 3.63) is 58.9 Å². The Balaban J connectivity index is 1.29. The maximum Gasteiger partial charge on any atom is 0.263 e. The van der Waals surface area contributed by atoms with Crippen molar-refractivity contribution in [1.29, 1.82) is 0 Å². The van der Waals surface area contributed by atoms with E-state index in [1.54, 1.807) is 17.3 Å². The molecule has 8 heteroatoms. The van der Waals surface area contributed by atoms with Crippen molar-refractivity contribution < 1.29 is 19.5 Å². The normalized spacial score (nSPS) is 22.0. The van der Waals surface area contributed by atoms with Gasteiger partial charge in [0.15, 0.2) is 6.23 Å². The van der Waals surface area contributed by atoms with Gasteiger partial charge < -0.3 is 10.0 Å². The molecule has 3 amide bonds. The molecule has 210 valence electrons. The second-order valence-electron chi connectivity index (χ2n) is 12.6. The van der Waals surface area contributed by atoms with Gasteiger partial charge in [-0.25, -0.2) is 0 Å². The van der Waals surface area contributed by atoms with Gasteiger partial charge in [-0.15, -0.1) is 0 Å². The number of aliphatic hydroxyl groups is 1. The standard InChI is InChI=1S/C34H30N4O4/c39-31-21-13-11-19-27-25(21)23(33(41)37(31)17-7-3-1-4-8-17)15-35-29(27)20-12-14-22-26-24(16-36-30(19)28(20)26)34(42)38(32(22)40)18-9-5-2-6-10-18/h11-18,31,39H,1-10H2. The lowest BCUT2D eigenvalue weighted by atomic mass is 9.84. The summed E-state index contributed by atoms with van der Waals surface area (Å²) in [5, 5.41) is 16.1. The minimum Gasteiger partial charge on any atom is -0.369 e. The highest BCUT2D eigenvalue weighted by molar-refractivity contribution is 6.38. The molecule has 1 N–H and O–H groups in total. The van der Waals surface area contributed by atoms with Crippen LogP contribution in [0.4, 0.5) is 0 Å². The predicted molar refractivity (Wildman–Crippen MR) is 159 cm³/mol. The number of hydrogen-bond donors (Lipinski definition) is 1. The first-order valence-electron chi connectivity index (χ1n) is 15.3. The zero-order chi connectivity index (χ0) is 28.3. The van der Waals surface area contributed by atoms with Crippen molar-refractivity contribution in [1.82, 2.24) is 19.8 Å². The van der Waals surface area contributed by atoms with Crippen LogP contribution in [-0.2, 0) is 0 Å². The minimum absolute atomic E-state index is 0.0125. The van der Waals surface area contributed by atoms with Crippen LogP contribution >= 0.6 is 0 Å². The molecule has 8 nitrogen and oxygen atoms in total. The highest BCUT2D eigenvalue weighted by Crippen LogP contribution is 2.47. The highest BCUT2D eigenvalue weighted by Gasteiger charge is 2.41. The summed E-state index contributed by atoms with van der Waals surface area (Å²) in [6.07, 6.45) is 12.1. The molecule has 1 atom stereocenters. The second kappa shape index (κ2) is 8.67. The molecule has 0 bridgehead atoms. The molecule has 9 rings (SSSR count). The lowest BCUT2D eigenvalue weighted by molar-refractivity contribution is -0.0228. The van der Waals surface area contributed by atoms with Gasteiger partial charge >= 0.3 is 0 Å². The fourth-order valence-electron chi connectivity index (χ4n) is 8.47. The summed E-state index contributed by atoms with van der Waals surface area (Å²) in [5.74, 6) is -0.680. The first-order valence-corrected chi connectivity index (χ1v) is 15.3. The smallest absolute Gasteiger partial charge is 0.263 e. The zero-order valence-corrected chi connectivity index (χ0v) is 23.2. The van der Waals surface area contributed by atoms with Gasteiger partial charge in [-0.05, 0) is 31.7 Å². The van der Waals surface area contributed by atoms with E-state index in [9.17, 15) is 19.5 Å². The number of carbonyl (C=O) groups is 3. The van der Waals surface area contributed by atoms with Crippen LogP contribution in [0.2, 0.25) is 0 Å². The van der Waals surface area contributed by atoms with Crippen molar-refractivity contribution in [2.75, 3.05) is 0 Å². The Labute approximate surface area is 241 Å². The summed E-state index contributed by atoms with van der Waals surface area (Å²) >= 11 is 0. The van der Waals surface area contributed by atoms with Crippen LogP contribution in [0.3, 0.4) is 0 Å². The number of rotatable bonds is 2. The molecule has 4 aliphatic rings. The summed E-state index contributed by atoms with van der Waals surface area (Å²) in [7, 11) is 0. The van der Waals surface area contributed by atoms with Crippen molar-refractivity contribution >= 4 is 61.1 Å². The van der Waals surface area contributed by atoms with Gasteiger partial charge in [-0.3, -0.25) is 29.3 Å². The molecule has 2 fully saturated rings. The number of fused-ring (bicyclic) bond motifs is 2. The van der Waals surface area contributed by atoms with Crippen LogP contribution in [0.15, 0.2) is 36.7 Å². The van der Waals surface area contributed by atoms with Crippen molar-refractivity contribution in [2.45, 2.75) is 82.5 Å². The summed E-state index contributed by atoms with van der Waals surface area (Å²) < 4.78 is 0. The maximum absolute atomic E-state index is 13.9. The zero-order valence-electron chi connectivity index (χ0n) is 23.2. The Morgan fingerprint density at radius 2 is 1.14 bits per heavy atom. The van der Waals surface area contributed by atoms with E-state index in [1.807, 2.05) is 24.3 Å². The number of pyridine rings is 2. The van der Waals surface area contributed by atoms with E-state index in [2.05, 4.69) is 0 Å². The molecule has 2 saturated carbocycles. The third-order valence-electron chi connectivity index (χ3n) is 10.4. The van der Waals surface area contributed by atoms with Crippen molar-refractivity contribution in [3.63, 3.8) is 0 Å². The van der Waals surface area contributed by atoms with E-state index in [0.717, 1.165) is 91.1 Å². The Morgan fingerprint density at radius 1 is 0.595 bits per heavy atom. The number of carbonyl (C=O) groups excluding carboxylic acids is 3. The van der Waals surface area contributed by atoms with Crippen LogP contribution in [0.5, 0.6) is 0 Å². The SMILES string of the molecule is O=C1c2ccc3c4ncc5c6c(ccc(c7ncc(c2c37)C(=O)N1C1CCCCC1)c64)C(O)N(C1CCCCC1)C5=O. The van der Waals surface area contributed by atoms with E-state index in [1.165, 1.54) is 4.90 Å². The Kier molecular flexibility index (Phi) is 5.05. The second-order valence-corrected chi connectivity index (χ2v) is 12.6. The number of imide groups is 1. The van der Waals surface area contributed by atoms with Gasteiger partial charge in [0.05, 0.1) is 22.2 Å². The fraction of sp³-hybridized carbons (Fsp3) is 0.382. The summed E-state index contributed by atoms with van der Waals surface area (Å²) in [5.41, 5.74) is 3.55. The first-order chi connectivity index (χ1) is 20.5. The Morgan fingerprint density at radius 3 is 1.81 bits per heavy atom. The van der Waals surface area contributed by atoms with Crippen LogP contribution in [0.1, 0.15) is 107 Å². The van der Waals surface area contributed by atoms with Gasteiger partial charge in [0.1, 0.15) is 0 Å². The molecule has 2 aliphatic heterocycles. The average Bonchev–Trinajstić information content (AvgIpc) is 3.03. The predicted octanol–water partition coefficient (Wildman–Crippen LogP) is 6.24. The number of hydrogen-bond acceptors (Lipinski definition) is 6. The van der Waals surface area contributed by atoms with Crippen molar-refractivity contribution in [3.8, 4) is 0 Å². The molecule has 3 aromatic carbocycles. The van der Waals surface area contributed by atoms with Gasteiger partial charge in [-0.2, -0.15) is 0 Å². The maximum atomic E-state index is 13.9. The third-order valence-corrected chi connectivity index (χ3v) is 10.4.